The van der Waals surface area contributed by atoms with E-state index in [2.05, 4.69) is 5.32 Å². The Morgan fingerprint density at radius 3 is 2.43 bits per heavy atom. The van der Waals surface area contributed by atoms with Gasteiger partial charge < -0.3 is 14.8 Å². The Bertz CT molecular complexity index is 532. The van der Waals surface area contributed by atoms with Crippen molar-refractivity contribution in [2.75, 3.05) is 6.61 Å². The minimum atomic E-state index is -0.577. The molecule has 5 heteroatoms. The third-order valence-electron chi connectivity index (χ3n) is 2.75. The van der Waals surface area contributed by atoms with Crippen molar-refractivity contribution >= 4 is 12.1 Å². The first-order valence-corrected chi connectivity index (χ1v) is 7.68. The molecule has 1 amide bonds. The van der Waals surface area contributed by atoms with Gasteiger partial charge in [-0.15, -0.1) is 0 Å². The van der Waals surface area contributed by atoms with Crippen molar-refractivity contribution in [3.63, 3.8) is 0 Å². The van der Waals surface area contributed by atoms with Gasteiger partial charge in [-0.3, -0.25) is 0 Å². The van der Waals surface area contributed by atoms with Crippen molar-refractivity contribution in [1.29, 1.82) is 0 Å². The number of alkyl carbamates (subject to hydrolysis) is 1. The number of hydrogen-bond acceptors (Lipinski definition) is 4. The summed E-state index contributed by atoms with van der Waals surface area (Å²) in [6.07, 6.45) is 2.98. The number of amides is 1. The monoisotopic (exact) mass is 319 g/mol. The zero-order valence-electron chi connectivity index (χ0n) is 14.2. The van der Waals surface area contributed by atoms with Crippen LogP contribution in [0, 0.1) is 0 Å². The lowest BCUT2D eigenvalue weighted by atomic mass is 10.1. The highest BCUT2D eigenvalue weighted by molar-refractivity contribution is 5.82. The fourth-order valence-corrected chi connectivity index (χ4v) is 1.88. The van der Waals surface area contributed by atoms with Gasteiger partial charge in [0.1, 0.15) is 5.60 Å². The number of benzene rings is 1. The van der Waals surface area contributed by atoms with Crippen LogP contribution in [0.2, 0.25) is 0 Å². The van der Waals surface area contributed by atoms with Crippen LogP contribution in [0.15, 0.2) is 42.5 Å². The largest absolute Gasteiger partial charge is 0.463 e. The highest BCUT2D eigenvalue weighted by Gasteiger charge is 2.18. The Kier molecular flexibility index (Phi) is 7.32. The molecule has 1 aromatic carbocycles. The van der Waals surface area contributed by atoms with Crippen LogP contribution in [0.5, 0.6) is 0 Å². The molecular formula is C18H25NO4. The molecule has 126 valence electrons. The maximum absolute atomic E-state index is 11.9. The third-order valence-corrected chi connectivity index (χ3v) is 2.75. The number of ether oxygens (including phenoxy) is 2. The van der Waals surface area contributed by atoms with E-state index in [-0.39, 0.29) is 6.04 Å². The fraction of sp³-hybridized carbons (Fsp3) is 0.444. The molecule has 0 aliphatic carbocycles. The predicted molar refractivity (Wildman–Crippen MR) is 89.1 cm³/mol. The number of carbonyl (C=O) groups excluding carboxylic acids is 2. The fourth-order valence-electron chi connectivity index (χ4n) is 1.88. The Morgan fingerprint density at radius 2 is 1.87 bits per heavy atom. The molecule has 0 heterocycles. The quantitative estimate of drug-likeness (QED) is 0.646. The van der Waals surface area contributed by atoms with E-state index < -0.39 is 17.7 Å². The molecule has 0 bridgehead atoms. The zero-order valence-corrected chi connectivity index (χ0v) is 14.2. The maximum atomic E-state index is 11.9. The zero-order chi connectivity index (χ0) is 17.3. The normalized spacial score (nSPS) is 12.7. The molecule has 0 aromatic heterocycles. The first kappa shape index (κ1) is 18.7. The van der Waals surface area contributed by atoms with Crippen LogP contribution in [0.4, 0.5) is 4.79 Å². The van der Waals surface area contributed by atoms with Crippen LogP contribution >= 0.6 is 0 Å². The van der Waals surface area contributed by atoms with Gasteiger partial charge in [0.25, 0.3) is 0 Å². The van der Waals surface area contributed by atoms with E-state index in [9.17, 15) is 9.59 Å². The van der Waals surface area contributed by atoms with E-state index >= 15 is 0 Å². The molecule has 23 heavy (non-hydrogen) atoms. The standard InChI is InChI=1S/C18H25NO4/c1-5-22-16(20)12-11-15(13-14-9-7-6-8-10-14)19-17(21)23-18(2,3)4/h6-12,15H,5,13H2,1-4H3,(H,19,21)/b12-11+/t15-/m1/s1. The van der Waals surface area contributed by atoms with Gasteiger partial charge in [-0.25, -0.2) is 9.59 Å². The smallest absolute Gasteiger partial charge is 0.408 e. The van der Waals surface area contributed by atoms with Crippen molar-refractivity contribution < 1.29 is 19.1 Å². The summed E-state index contributed by atoms with van der Waals surface area (Å²) < 4.78 is 10.1. The number of nitrogens with one attached hydrogen (secondary N) is 1. The molecule has 0 aliphatic heterocycles. The average Bonchev–Trinajstić information content (AvgIpc) is 2.44. The molecule has 1 atom stereocenters. The van der Waals surface area contributed by atoms with Crippen molar-refractivity contribution in [3.8, 4) is 0 Å². The van der Waals surface area contributed by atoms with Crippen LogP contribution in [0.3, 0.4) is 0 Å². The lowest BCUT2D eigenvalue weighted by Crippen LogP contribution is -2.39. The Morgan fingerprint density at radius 1 is 1.22 bits per heavy atom. The summed E-state index contributed by atoms with van der Waals surface area (Å²) in [4.78, 5) is 23.4. The number of hydrogen-bond donors (Lipinski definition) is 1. The first-order chi connectivity index (χ1) is 10.8. The molecule has 0 saturated carbocycles. The van der Waals surface area contributed by atoms with E-state index in [1.165, 1.54) is 6.08 Å². The maximum Gasteiger partial charge on any atom is 0.408 e. The van der Waals surface area contributed by atoms with Crippen LogP contribution < -0.4 is 5.32 Å². The second kappa shape index (κ2) is 8.98. The van der Waals surface area contributed by atoms with Gasteiger partial charge >= 0.3 is 12.1 Å². The van der Waals surface area contributed by atoms with E-state index in [1.807, 2.05) is 30.3 Å². The second-order valence-electron chi connectivity index (χ2n) is 6.05. The lowest BCUT2D eigenvalue weighted by Gasteiger charge is -2.22. The average molecular weight is 319 g/mol. The van der Waals surface area contributed by atoms with E-state index in [0.717, 1.165) is 5.56 Å². The third kappa shape index (κ3) is 8.66. The van der Waals surface area contributed by atoms with Gasteiger partial charge in [-0.05, 0) is 39.7 Å². The van der Waals surface area contributed by atoms with Crippen molar-refractivity contribution in [3.05, 3.63) is 48.0 Å². The lowest BCUT2D eigenvalue weighted by molar-refractivity contribution is -0.137. The molecular weight excluding hydrogens is 294 g/mol. The van der Waals surface area contributed by atoms with E-state index in [1.54, 1.807) is 33.8 Å². The summed E-state index contributed by atoms with van der Waals surface area (Å²) in [5, 5.41) is 2.76. The summed E-state index contributed by atoms with van der Waals surface area (Å²) in [6.45, 7) is 7.45. The van der Waals surface area contributed by atoms with Crippen LogP contribution in [-0.2, 0) is 20.7 Å². The minimum absolute atomic E-state index is 0.312. The Hall–Kier alpha value is -2.30. The van der Waals surface area contributed by atoms with Crippen molar-refractivity contribution in [2.45, 2.75) is 45.8 Å². The van der Waals surface area contributed by atoms with Gasteiger partial charge in [0.05, 0.1) is 12.6 Å². The highest BCUT2D eigenvalue weighted by atomic mass is 16.6. The topological polar surface area (TPSA) is 64.6 Å². The summed E-state index contributed by atoms with van der Waals surface area (Å²) in [5.41, 5.74) is 0.466. The van der Waals surface area contributed by atoms with Gasteiger partial charge in [-0.2, -0.15) is 0 Å². The van der Waals surface area contributed by atoms with Gasteiger partial charge in [-0.1, -0.05) is 36.4 Å². The molecule has 0 spiro atoms. The van der Waals surface area contributed by atoms with Crippen LogP contribution in [0.25, 0.3) is 0 Å². The van der Waals surface area contributed by atoms with Crippen LogP contribution in [0.1, 0.15) is 33.3 Å². The number of rotatable bonds is 6. The molecule has 1 rings (SSSR count). The summed E-state index contributed by atoms with van der Waals surface area (Å²) in [5.74, 6) is -0.434. The first-order valence-electron chi connectivity index (χ1n) is 7.68. The van der Waals surface area contributed by atoms with E-state index in [0.29, 0.717) is 13.0 Å². The Balaban J connectivity index is 2.75. The predicted octanol–water partition coefficient (Wildman–Crippen LogP) is 3.24. The van der Waals surface area contributed by atoms with Crippen molar-refractivity contribution in [2.24, 2.45) is 0 Å². The molecule has 0 radical (unpaired) electrons. The SMILES string of the molecule is CCOC(=O)/C=C/[C@H](Cc1ccccc1)NC(=O)OC(C)(C)C. The molecule has 0 aliphatic rings. The number of esters is 1. The van der Waals surface area contributed by atoms with E-state index in [4.69, 9.17) is 9.47 Å². The highest BCUT2D eigenvalue weighted by Crippen LogP contribution is 2.09. The second-order valence-corrected chi connectivity index (χ2v) is 6.05. The Labute approximate surface area is 137 Å². The molecule has 1 N–H and O–H groups in total. The molecule has 0 fully saturated rings. The van der Waals surface area contributed by atoms with Crippen molar-refractivity contribution in [1.82, 2.24) is 5.32 Å². The van der Waals surface area contributed by atoms with Gasteiger partial charge in [0.15, 0.2) is 0 Å². The van der Waals surface area contributed by atoms with Gasteiger partial charge in [0, 0.05) is 6.08 Å². The van der Waals surface area contributed by atoms with Crippen LogP contribution in [-0.4, -0.2) is 30.3 Å². The molecule has 5 nitrogen and oxygen atoms in total. The summed E-state index contributed by atoms with van der Waals surface area (Å²) >= 11 is 0. The number of carbonyl (C=O) groups is 2. The summed E-state index contributed by atoms with van der Waals surface area (Å²) in [6, 6.07) is 9.33. The molecule has 0 saturated heterocycles. The molecule has 0 unspecified atom stereocenters. The van der Waals surface area contributed by atoms with Gasteiger partial charge in [0.2, 0.25) is 0 Å². The summed E-state index contributed by atoms with van der Waals surface area (Å²) in [7, 11) is 0. The molecule has 1 aromatic rings. The minimum Gasteiger partial charge on any atom is -0.463 e.